The van der Waals surface area contributed by atoms with Gasteiger partial charge in [0.15, 0.2) is 0 Å². The molecule has 0 aliphatic carbocycles. The van der Waals surface area contributed by atoms with Gasteiger partial charge in [-0.2, -0.15) is 13.2 Å². The van der Waals surface area contributed by atoms with E-state index < -0.39 is 35.0 Å². The molecule has 0 saturated carbocycles. The first kappa shape index (κ1) is 18.9. The average molecular weight is 371 g/mol. The van der Waals surface area contributed by atoms with E-state index in [-0.39, 0.29) is 10.7 Å². The van der Waals surface area contributed by atoms with Crippen LogP contribution < -0.4 is 5.32 Å². The number of halogens is 4. The third kappa shape index (κ3) is 4.36. The molecule has 1 unspecified atom stereocenters. The zero-order valence-electron chi connectivity index (χ0n) is 13.3. The number of pyridine rings is 1. The molecule has 0 aliphatic heterocycles. The Balaban J connectivity index is 2.22. The molecule has 1 aromatic carbocycles. The fraction of sp³-hybridized carbons (Fsp3) is 0.235. The molecule has 25 heavy (non-hydrogen) atoms. The van der Waals surface area contributed by atoms with Crippen molar-refractivity contribution < 1.29 is 22.8 Å². The maximum absolute atomic E-state index is 13.0. The standard InChI is InChI=1S/C17H14ClF3N2O2/c1-9-7-13(18)14(22-8-9)15(24)10(2)23-16(25)11-5-3-4-6-12(11)17(19,20)21/h3-8,10H,1-2H3,(H,23,25). The number of hydrogen-bond donors (Lipinski definition) is 1. The minimum atomic E-state index is -4.68. The second-order valence-electron chi connectivity index (χ2n) is 5.45. The Hall–Kier alpha value is -2.41. The molecule has 2 rings (SSSR count). The number of nitrogens with zero attached hydrogens (tertiary/aromatic N) is 1. The first-order valence-corrected chi connectivity index (χ1v) is 7.62. The number of hydrogen-bond acceptors (Lipinski definition) is 3. The van der Waals surface area contributed by atoms with E-state index >= 15 is 0 Å². The minimum Gasteiger partial charge on any atom is -0.342 e. The first-order chi connectivity index (χ1) is 11.6. The summed E-state index contributed by atoms with van der Waals surface area (Å²) < 4.78 is 39.0. The Labute approximate surface area is 147 Å². The van der Waals surface area contributed by atoms with Crippen LogP contribution in [0.5, 0.6) is 0 Å². The number of benzene rings is 1. The van der Waals surface area contributed by atoms with Crippen LogP contribution in [-0.2, 0) is 6.18 Å². The van der Waals surface area contributed by atoms with Crippen LogP contribution >= 0.6 is 11.6 Å². The third-order valence-electron chi connectivity index (χ3n) is 3.43. The summed E-state index contributed by atoms with van der Waals surface area (Å²) in [5, 5.41) is 2.37. The minimum absolute atomic E-state index is 0.0517. The smallest absolute Gasteiger partial charge is 0.342 e. The van der Waals surface area contributed by atoms with Crippen molar-refractivity contribution in [3.63, 3.8) is 0 Å². The molecule has 132 valence electrons. The van der Waals surface area contributed by atoms with Gasteiger partial charge in [0.2, 0.25) is 5.78 Å². The molecule has 0 radical (unpaired) electrons. The van der Waals surface area contributed by atoms with Gasteiger partial charge in [-0.1, -0.05) is 23.7 Å². The lowest BCUT2D eigenvalue weighted by molar-refractivity contribution is -0.137. The molecule has 1 amide bonds. The third-order valence-corrected chi connectivity index (χ3v) is 3.72. The van der Waals surface area contributed by atoms with E-state index in [0.29, 0.717) is 0 Å². The van der Waals surface area contributed by atoms with Gasteiger partial charge in [0.1, 0.15) is 5.69 Å². The van der Waals surface area contributed by atoms with Crippen molar-refractivity contribution in [1.29, 1.82) is 0 Å². The Morgan fingerprint density at radius 1 is 1.24 bits per heavy atom. The fourth-order valence-electron chi connectivity index (χ4n) is 2.19. The summed E-state index contributed by atoms with van der Waals surface area (Å²) in [6.07, 6.45) is -3.24. The SMILES string of the molecule is Cc1cnc(C(=O)C(C)NC(=O)c2ccccc2C(F)(F)F)c(Cl)c1. The summed E-state index contributed by atoms with van der Waals surface area (Å²) >= 11 is 5.96. The zero-order chi connectivity index (χ0) is 18.8. The van der Waals surface area contributed by atoms with Crippen LogP contribution in [0.2, 0.25) is 5.02 Å². The number of nitrogens with one attached hydrogen (secondary N) is 1. The van der Waals surface area contributed by atoms with Gasteiger partial charge < -0.3 is 5.32 Å². The lowest BCUT2D eigenvalue weighted by atomic mass is 10.0. The summed E-state index contributed by atoms with van der Waals surface area (Å²) in [4.78, 5) is 28.4. The molecular formula is C17H14ClF3N2O2. The zero-order valence-corrected chi connectivity index (χ0v) is 14.1. The van der Waals surface area contributed by atoms with Crippen LogP contribution in [0.25, 0.3) is 0 Å². The van der Waals surface area contributed by atoms with Crippen LogP contribution in [0.1, 0.15) is 38.9 Å². The molecule has 0 saturated heterocycles. The molecule has 2 aromatic rings. The van der Waals surface area contributed by atoms with Crippen LogP contribution in [0.3, 0.4) is 0 Å². The van der Waals surface area contributed by atoms with Gasteiger partial charge in [-0.25, -0.2) is 0 Å². The highest BCUT2D eigenvalue weighted by atomic mass is 35.5. The van der Waals surface area contributed by atoms with Crippen LogP contribution in [0, 0.1) is 6.92 Å². The van der Waals surface area contributed by atoms with Crippen molar-refractivity contribution in [3.8, 4) is 0 Å². The molecule has 8 heteroatoms. The maximum Gasteiger partial charge on any atom is 0.417 e. The predicted molar refractivity (Wildman–Crippen MR) is 86.7 cm³/mol. The van der Waals surface area contributed by atoms with Crippen LogP contribution in [0.4, 0.5) is 13.2 Å². The number of amides is 1. The highest BCUT2D eigenvalue weighted by Gasteiger charge is 2.35. The molecule has 4 nitrogen and oxygen atoms in total. The summed E-state index contributed by atoms with van der Waals surface area (Å²) in [7, 11) is 0. The quantitative estimate of drug-likeness (QED) is 0.825. The normalized spacial score (nSPS) is 12.6. The highest BCUT2D eigenvalue weighted by molar-refractivity contribution is 6.33. The van der Waals surface area contributed by atoms with E-state index in [1.807, 2.05) is 0 Å². The Morgan fingerprint density at radius 3 is 2.48 bits per heavy atom. The van der Waals surface area contributed by atoms with Crippen molar-refractivity contribution in [1.82, 2.24) is 10.3 Å². The summed E-state index contributed by atoms with van der Waals surface area (Å²) in [6, 6.07) is 4.79. The van der Waals surface area contributed by atoms with Gasteiger partial charge in [-0.15, -0.1) is 0 Å². The predicted octanol–water partition coefficient (Wildman–Crippen LogP) is 4.06. The molecule has 1 heterocycles. The van der Waals surface area contributed by atoms with E-state index in [4.69, 9.17) is 11.6 Å². The fourth-order valence-corrected chi connectivity index (χ4v) is 2.50. The van der Waals surface area contributed by atoms with E-state index in [1.165, 1.54) is 31.3 Å². The first-order valence-electron chi connectivity index (χ1n) is 7.24. The lowest BCUT2D eigenvalue weighted by Crippen LogP contribution is -2.39. The van der Waals surface area contributed by atoms with E-state index in [0.717, 1.165) is 17.7 Å². The summed E-state index contributed by atoms with van der Waals surface area (Å²) in [6.45, 7) is 3.10. The monoisotopic (exact) mass is 370 g/mol. The number of carbonyl (C=O) groups is 2. The number of ketones is 1. The number of Topliss-reactive ketones (excluding diaryl/α,β-unsaturated/α-hetero) is 1. The number of carbonyl (C=O) groups excluding carboxylic acids is 2. The molecule has 0 fully saturated rings. The highest BCUT2D eigenvalue weighted by Crippen LogP contribution is 2.31. The topological polar surface area (TPSA) is 59.1 Å². The number of rotatable bonds is 4. The Morgan fingerprint density at radius 2 is 1.88 bits per heavy atom. The summed E-state index contributed by atoms with van der Waals surface area (Å²) in [5.41, 5.74) is -0.933. The van der Waals surface area contributed by atoms with Crippen molar-refractivity contribution in [3.05, 3.63) is 63.9 Å². The van der Waals surface area contributed by atoms with Crippen molar-refractivity contribution in [2.24, 2.45) is 0 Å². The Kier molecular flexibility index (Phi) is 5.47. The second-order valence-corrected chi connectivity index (χ2v) is 5.85. The van der Waals surface area contributed by atoms with Gasteiger partial charge in [0.25, 0.3) is 5.91 Å². The van der Waals surface area contributed by atoms with Crippen molar-refractivity contribution >= 4 is 23.3 Å². The number of alkyl halides is 3. The molecule has 0 aliphatic rings. The van der Waals surface area contributed by atoms with Gasteiger partial charge in [-0.05, 0) is 37.6 Å². The van der Waals surface area contributed by atoms with Gasteiger partial charge >= 0.3 is 6.18 Å². The molecule has 1 aromatic heterocycles. The van der Waals surface area contributed by atoms with Gasteiger partial charge in [-0.3, -0.25) is 14.6 Å². The summed E-state index contributed by atoms with van der Waals surface area (Å²) in [5.74, 6) is -1.60. The van der Waals surface area contributed by atoms with E-state index in [2.05, 4.69) is 10.3 Å². The molecule has 1 N–H and O–H groups in total. The van der Waals surface area contributed by atoms with Gasteiger partial charge in [0.05, 0.1) is 22.2 Å². The Bertz CT molecular complexity index is 822. The van der Waals surface area contributed by atoms with E-state index in [1.54, 1.807) is 6.92 Å². The second kappa shape index (κ2) is 7.23. The van der Waals surface area contributed by atoms with Crippen molar-refractivity contribution in [2.45, 2.75) is 26.1 Å². The number of aromatic nitrogens is 1. The molecular weight excluding hydrogens is 357 g/mol. The number of aryl methyl sites for hydroxylation is 1. The molecule has 1 atom stereocenters. The molecule has 0 spiro atoms. The van der Waals surface area contributed by atoms with E-state index in [9.17, 15) is 22.8 Å². The van der Waals surface area contributed by atoms with Crippen LogP contribution in [-0.4, -0.2) is 22.7 Å². The molecule has 0 bridgehead atoms. The lowest BCUT2D eigenvalue weighted by Gasteiger charge is -2.16. The van der Waals surface area contributed by atoms with Crippen molar-refractivity contribution in [2.75, 3.05) is 0 Å². The average Bonchev–Trinajstić information content (AvgIpc) is 2.53. The maximum atomic E-state index is 13.0. The van der Waals surface area contributed by atoms with Gasteiger partial charge in [0, 0.05) is 6.20 Å². The largest absolute Gasteiger partial charge is 0.417 e. The van der Waals surface area contributed by atoms with Crippen LogP contribution in [0.15, 0.2) is 36.5 Å².